The summed E-state index contributed by atoms with van der Waals surface area (Å²) in [7, 11) is 0. The number of fused-ring (bicyclic) bond motifs is 1. The van der Waals surface area contributed by atoms with Crippen LogP contribution in [0.25, 0.3) is 15.7 Å². The van der Waals surface area contributed by atoms with E-state index in [-0.39, 0.29) is 12.1 Å². The van der Waals surface area contributed by atoms with E-state index >= 15 is 4.39 Å². The number of thiophene rings is 1. The number of rotatable bonds is 4. The average molecular weight is 622 g/mol. The highest BCUT2D eigenvalue weighted by atomic mass is 127. The predicted molar refractivity (Wildman–Crippen MR) is 151 cm³/mol. The Kier molecular flexibility index (Phi) is 7.70. The Morgan fingerprint density at radius 2 is 2.03 bits per heavy atom. The average Bonchev–Trinajstić information content (AvgIpc) is 3.24. The normalized spacial score (nSPS) is 16.2. The Morgan fingerprint density at radius 3 is 2.69 bits per heavy atom. The van der Waals surface area contributed by atoms with Gasteiger partial charge in [0.25, 0.3) is 5.91 Å². The molecule has 0 N–H and O–H groups in total. The molecular formula is C27H29FIN3O3S. The van der Waals surface area contributed by atoms with E-state index in [1.807, 2.05) is 61.7 Å². The van der Waals surface area contributed by atoms with Gasteiger partial charge in [0.2, 0.25) is 0 Å². The summed E-state index contributed by atoms with van der Waals surface area (Å²) in [6.45, 7) is 12.3. The first-order chi connectivity index (χ1) is 17.0. The number of piperidine rings is 1. The number of benzene rings is 1. The number of halogens is 2. The molecule has 0 unspecified atom stereocenters. The second-order valence-electron chi connectivity index (χ2n) is 9.96. The number of likely N-dealkylation sites (tertiary alicyclic amines) is 1. The predicted octanol–water partition coefficient (Wildman–Crippen LogP) is 7.12. The number of allylic oxidation sites excluding steroid dienone is 1. The third-order valence-corrected chi connectivity index (χ3v) is 7.57. The molecule has 0 radical (unpaired) electrons. The highest BCUT2D eigenvalue weighted by molar-refractivity contribution is 14.1. The number of anilines is 1. The van der Waals surface area contributed by atoms with Crippen molar-refractivity contribution in [1.82, 2.24) is 9.88 Å². The van der Waals surface area contributed by atoms with Crippen LogP contribution >= 0.6 is 33.9 Å². The minimum Gasteiger partial charge on any atom is -0.444 e. The van der Waals surface area contributed by atoms with Crippen LogP contribution in [-0.2, 0) is 4.74 Å². The van der Waals surface area contributed by atoms with Gasteiger partial charge in [-0.2, -0.15) is 0 Å². The molecule has 0 saturated carbocycles. The molecule has 0 spiro atoms. The van der Waals surface area contributed by atoms with Crippen molar-refractivity contribution in [3.8, 4) is 0 Å². The first-order valence-corrected chi connectivity index (χ1v) is 13.7. The quantitative estimate of drug-likeness (QED) is 0.291. The lowest BCUT2D eigenvalue weighted by molar-refractivity contribution is 0.0196. The number of nitrogens with zero attached hydrogens (tertiary/aromatic N) is 3. The summed E-state index contributed by atoms with van der Waals surface area (Å²) in [6, 6.07) is 6.05. The van der Waals surface area contributed by atoms with Gasteiger partial charge < -0.3 is 9.64 Å². The van der Waals surface area contributed by atoms with Crippen molar-refractivity contribution < 1.29 is 18.7 Å². The molecule has 1 aliphatic rings. The van der Waals surface area contributed by atoms with Crippen molar-refractivity contribution in [3.63, 3.8) is 0 Å². The van der Waals surface area contributed by atoms with Crippen molar-refractivity contribution in [2.24, 2.45) is 0 Å². The number of amides is 2. The molecule has 2 amide bonds. The summed E-state index contributed by atoms with van der Waals surface area (Å²) in [6.07, 6.45) is 2.55. The zero-order valence-corrected chi connectivity index (χ0v) is 23.8. The number of aromatic nitrogens is 1. The van der Waals surface area contributed by atoms with E-state index in [0.29, 0.717) is 28.8 Å². The Balaban J connectivity index is 1.82. The zero-order valence-electron chi connectivity index (χ0n) is 20.8. The number of pyridine rings is 1. The van der Waals surface area contributed by atoms with Crippen molar-refractivity contribution in [1.29, 1.82) is 0 Å². The maximum Gasteiger partial charge on any atom is 0.410 e. The summed E-state index contributed by atoms with van der Waals surface area (Å²) < 4.78 is 22.3. The molecule has 36 heavy (non-hydrogen) atoms. The lowest BCUT2D eigenvalue weighted by Gasteiger charge is -2.39. The Labute approximate surface area is 228 Å². The van der Waals surface area contributed by atoms with Gasteiger partial charge in [-0.25, -0.2) is 14.2 Å². The highest BCUT2D eigenvalue weighted by Gasteiger charge is 2.36. The lowest BCUT2D eigenvalue weighted by atomic mass is 10.0. The summed E-state index contributed by atoms with van der Waals surface area (Å²) in [5, 5.41) is 2.81. The number of ether oxygens (including phenoxy) is 1. The van der Waals surface area contributed by atoms with Gasteiger partial charge in [0.15, 0.2) is 0 Å². The van der Waals surface area contributed by atoms with Crippen molar-refractivity contribution in [2.75, 3.05) is 18.0 Å². The summed E-state index contributed by atoms with van der Waals surface area (Å²) in [4.78, 5) is 34.7. The zero-order chi connectivity index (χ0) is 26.2. The molecule has 0 aliphatic carbocycles. The molecular weight excluding hydrogens is 592 g/mol. The molecule has 3 aromatic rings. The van der Waals surface area contributed by atoms with E-state index in [2.05, 4.69) is 11.6 Å². The highest BCUT2D eigenvalue weighted by Crippen LogP contribution is 2.38. The fraction of sp³-hybridized carbons (Fsp3) is 0.370. The van der Waals surface area contributed by atoms with Crippen LogP contribution in [0.1, 0.15) is 56.5 Å². The van der Waals surface area contributed by atoms with Crippen LogP contribution in [0.2, 0.25) is 0 Å². The van der Waals surface area contributed by atoms with Crippen molar-refractivity contribution >= 4 is 67.4 Å². The maximum atomic E-state index is 15.0. The monoisotopic (exact) mass is 621 g/mol. The van der Waals surface area contributed by atoms with Gasteiger partial charge in [-0.1, -0.05) is 6.58 Å². The second-order valence-corrected chi connectivity index (χ2v) is 12.1. The van der Waals surface area contributed by atoms with Crippen LogP contribution in [0.3, 0.4) is 0 Å². The number of carbonyl (C=O) groups is 2. The molecule has 0 bridgehead atoms. The lowest BCUT2D eigenvalue weighted by Crippen LogP contribution is -2.53. The van der Waals surface area contributed by atoms with Crippen molar-refractivity contribution in [2.45, 2.75) is 52.2 Å². The van der Waals surface area contributed by atoms with Gasteiger partial charge in [0.1, 0.15) is 17.2 Å². The second kappa shape index (κ2) is 10.5. The SMILES string of the molecule is C=C(C)c1csc2ccnc(N(C(=O)c3ccc(I)cc3F)[C@@H]3CCCN(C(=O)OC(C)(C)C)C3)c12. The van der Waals surface area contributed by atoms with Crippen LogP contribution in [0.5, 0.6) is 0 Å². The van der Waals surface area contributed by atoms with E-state index in [1.54, 1.807) is 33.4 Å². The molecule has 1 aromatic carbocycles. The van der Waals surface area contributed by atoms with Gasteiger partial charge in [0.05, 0.1) is 11.6 Å². The minimum atomic E-state index is -0.635. The summed E-state index contributed by atoms with van der Waals surface area (Å²) in [5.41, 5.74) is 1.08. The summed E-state index contributed by atoms with van der Waals surface area (Å²) in [5.74, 6) is -0.626. The first kappa shape index (κ1) is 26.5. The molecule has 190 valence electrons. The van der Waals surface area contributed by atoms with Gasteiger partial charge >= 0.3 is 6.09 Å². The van der Waals surface area contributed by atoms with E-state index in [0.717, 1.165) is 21.2 Å². The first-order valence-electron chi connectivity index (χ1n) is 11.7. The fourth-order valence-corrected chi connectivity index (χ4v) is 5.82. The largest absolute Gasteiger partial charge is 0.444 e. The number of hydrogen-bond donors (Lipinski definition) is 0. The molecule has 1 atom stereocenters. The van der Waals surface area contributed by atoms with Gasteiger partial charge in [-0.15, -0.1) is 11.3 Å². The van der Waals surface area contributed by atoms with Gasteiger partial charge in [-0.3, -0.25) is 9.69 Å². The summed E-state index contributed by atoms with van der Waals surface area (Å²) >= 11 is 3.56. The van der Waals surface area contributed by atoms with Crippen LogP contribution < -0.4 is 4.90 Å². The number of carbonyl (C=O) groups excluding carboxylic acids is 2. The van der Waals surface area contributed by atoms with E-state index < -0.39 is 29.5 Å². The third kappa shape index (κ3) is 5.56. The van der Waals surface area contributed by atoms with Crippen LogP contribution in [0.15, 0.2) is 42.4 Å². The Morgan fingerprint density at radius 1 is 1.28 bits per heavy atom. The molecule has 1 aliphatic heterocycles. The molecule has 3 heterocycles. The molecule has 4 rings (SSSR count). The van der Waals surface area contributed by atoms with Crippen LogP contribution in [0, 0.1) is 9.39 Å². The standard InChI is InChI=1S/C27H29FIN3O3S/c1-16(2)20-15-36-22-10-11-30-24(23(20)22)32(25(33)19-9-8-17(29)13-21(19)28)18-7-6-12-31(14-18)26(34)35-27(3,4)5/h8-11,13,15,18H,1,6-7,12,14H2,2-5H3/t18-/m1/s1. The minimum absolute atomic E-state index is 0.0317. The van der Waals surface area contributed by atoms with E-state index in [9.17, 15) is 9.59 Å². The molecule has 1 saturated heterocycles. The molecule has 2 aromatic heterocycles. The Bertz CT molecular complexity index is 1330. The maximum absolute atomic E-state index is 15.0. The Hall–Kier alpha value is -2.53. The van der Waals surface area contributed by atoms with Gasteiger partial charge in [-0.05, 0) is 104 Å². The van der Waals surface area contributed by atoms with E-state index in [4.69, 9.17) is 4.74 Å². The fourth-order valence-electron chi connectivity index (χ4n) is 4.35. The smallest absolute Gasteiger partial charge is 0.410 e. The number of hydrogen-bond acceptors (Lipinski definition) is 5. The van der Waals surface area contributed by atoms with Crippen LogP contribution in [-0.4, -0.2) is 46.6 Å². The topological polar surface area (TPSA) is 62.7 Å². The molecule has 9 heteroatoms. The van der Waals surface area contributed by atoms with Crippen LogP contribution in [0.4, 0.5) is 15.0 Å². The van der Waals surface area contributed by atoms with E-state index in [1.165, 1.54) is 12.1 Å². The van der Waals surface area contributed by atoms with Gasteiger partial charge in [0, 0.05) is 32.9 Å². The van der Waals surface area contributed by atoms with Crippen molar-refractivity contribution in [3.05, 3.63) is 62.9 Å². The third-order valence-electron chi connectivity index (χ3n) is 5.95. The molecule has 6 nitrogen and oxygen atoms in total. The molecule has 1 fully saturated rings.